The number of thioether (sulfide) groups is 1. The molecule has 0 aliphatic carbocycles. The Kier molecular flexibility index (Phi) is 7.35. The van der Waals surface area contributed by atoms with Gasteiger partial charge < -0.3 is 5.32 Å². The van der Waals surface area contributed by atoms with Gasteiger partial charge in [0.1, 0.15) is 0 Å². The van der Waals surface area contributed by atoms with Crippen LogP contribution in [0.25, 0.3) is 0 Å². The lowest BCUT2D eigenvalue weighted by atomic mass is 10.1. The fraction of sp³-hybridized carbons (Fsp3) is 0.0741. The van der Waals surface area contributed by atoms with E-state index in [2.05, 4.69) is 17.4 Å². The number of nitrogens with zero attached hydrogens (tertiary/aromatic N) is 1. The monoisotopic (exact) mass is 488 g/mol. The van der Waals surface area contributed by atoms with Crippen molar-refractivity contribution in [2.75, 3.05) is 16.7 Å². The average molecular weight is 489 g/mol. The van der Waals surface area contributed by atoms with Gasteiger partial charge in [0.2, 0.25) is 0 Å². The molecule has 0 atom stereocenters. The molecular formula is C27H24N2O3S2. The molecule has 4 rings (SSSR count). The number of hydrogen-bond acceptors (Lipinski definition) is 4. The number of nitrogens with one attached hydrogen (secondary N) is 1. The van der Waals surface area contributed by atoms with Crippen molar-refractivity contribution in [3.05, 3.63) is 120 Å². The molecule has 0 fully saturated rings. The molecule has 0 aliphatic rings. The summed E-state index contributed by atoms with van der Waals surface area (Å²) in [6.45, 7) is 0. The van der Waals surface area contributed by atoms with Crippen LogP contribution in [0.15, 0.2) is 119 Å². The van der Waals surface area contributed by atoms with Crippen LogP contribution in [0.4, 0.5) is 11.4 Å². The first-order chi connectivity index (χ1) is 16.4. The van der Waals surface area contributed by atoms with E-state index in [1.54, 1.807) is 66.4 Å². The number of sulfonamides is 1. The molecule has 0 saturated carbocycles. The van der Waals surface area contributed by atoms with Crippen molar-refractivity contribution in [3.63, 3.8) is 0 Å². The van der Waals surface area contributed by atoms with Gasteiger partial charge in [-0.05, 0) is 66.2 Å². The summed E-state index contributed by atoms with van der Waals surface area (Å²) in [5.74, 6) is 0.588. The van der Waals surface area contributed by atoms with Crippen LogP contribution in [0.3, 0.4) is 0 Å². The van der Waals surface area contributed by atoms with E-state index in [1.807, 2.05) is 42.5 Å². The maximum atomic E-state index is 12.8. The largest absolute Gasteiger partial charge is 0.322 e. The molecule has 0 spiro atoms. The Morgan fingerprint density at radius 3 is 2.00 bits per heavy atom. The summed E-state index contributed by atoms with van der Waals surface area (Å²) in [7, 11) is -2.17. The molecule has 7 heteroatoms. The van der Waals surface area contributed by atoms with Crippen molar-refractivity contribution in [2.24, 2.45) is 0 Å². The van der Waals surface area contributed by atoms with Gasteiger partial charge >= 0.3 is 0 Å². The van der Waals surface area contributed by atoms with Gasteiger partial charge in [0.15, 0.2) is 0 Å². The van der Waals surface area contributed by atoms with Crippen molar-refractivity contribution < 1.29 is 13.2 Å². The van der Waals surface area contributed by atoms with Gasteiger partial charge in [-0.15, -0.1) is 11.8 Å². The fourth-order valence-corrected chi connectivity index (χ4v) is 5.37. The van der Waals surface area contributed by atoms with Crippen LogP contribution in [0, 0.1) is 0 Å². The van der Waals surface area contributed by atoms with E-state index in [4.69, 9.17) is 0 Å². The molecule has 5 nitrogen and oxygen atoms in total. The van der Waals surface area contributed by atoms with E-state index in [1.165, 1.54) is 21.8 Å². The summed E-state index contributed by atoms with van der Waals surface area (Å²) in [5, 5.41) is 2.89. The van der Waals surface area contributed by atoms with Crippen LogP contribution in [0.2, 0.25) is 0 Å². The number of hydrogen-bond donors (Lipinski definition) is 1. The Balaban J connectivity index is 1.37. The predicted molar refractivity (Wildman–Crippen MR) is 139 cm³/mol. The minimum absolute atomic E-state index is 0.213. The second-order valence-corrected chi connectivity index (χ2v) is 10.6. The molecule has 0 aromatic heterocycles. The predicted octanol–water partition coefficient (Wildman–Crippen LogP) is 6.06. The van der Waals surface area contributed by atoms with Crippen molar-refractivity contribution >= 4 is 39.1 Å². The second kappa shape index (κ2) is 10.6. The number of benzene rings is 4. The molecule has 4 aromatic carbocycles. The summed E-state index contributed by atoms with van der Waals surface area (Å²) < 4.78 is 26.8. The molecule has 1 N–H and O–H groups in total. The molecular weight excluding hydrogens is 464 g/mol. The van der Waals surface area contributed by atoms with Gasteiger partial charge in [0, 0.05) is 28.9 Å². The summed E-state index contributed by atoms with van der Waals surface area (Å²) >= 11 is 1.76. The molecule has 0 saturated heterocycles. The molecule has 0 aliphatic heterocycles. The molecule has 0 unspecified atom stereocenters. The third-order valence-electron chi connectivity index (χ3n) is 5.26. The van der Waals surface area contributed by atoms with Crippen molar-refractivity contribution in [2.45, 2.75) is 15.5 Å². The number of amides is 1. The lowest BCUT2D eigenvalue weighted by Crippen LogP contribution is -2.26. The van der Waals surface area contributed by atoms with Crippen molar-refractivity contribution in [1.82, 2.24) is 0 Å². The molecule has 34 heavy (non-hydrogen) atoms. The minimum Gasteiger partial charge on any atom is -0.322 e. The van der Waals surface area contributed by atoms with Crippen LogP contribution in [-0.2, 0) is 15.8 Å². The van der Waals surface area contributed by atoms with Crippen LogP contribution in [0.5, 0.6) is 0 Å². The lowest BCUT2D eigenvalue weighted by molar-refractivity contribution is 0.102. The van der Waals surface area contributed by atoms with E-state index in [9.17, 15) is 13.2 Å². The minimum atomic E-state index is -3.67. The van der Waals surface area contributed by atoms with Gasteiger partial charge in [-0.1, -0.05) is 48.5 Å². The van der Waals surface area contributed by atoms with E-state index >= 15 is 0 Å². The summed E-state index contributed by atoms with van der Waals surface area (Å²) in [4.78, 5) is 14.1. The standard InChI is InChI=1S/C27H24N2O3S2/c1-29(34(31,32)26-10-6-3-7-11-26)24-18-14-22(15-19-24)27(30)28-23-16-12-21(13-17-23)20-33-25-8-4-2-5-9-25/h2-19H,20H2,1H3,(H,28,30). The highest BCUT2D eigenvalue weighted by molar-refractivity contribution is 7.98. The van der Waals surface area contributed by atoms with E-state index in [0.29, 0.717) is 16.9 Å². The second-order valence-electron chi connectivity index (χ2n) is 7.59. The number of rotatable bonds is 8. The maximum absolute atomic E-state index is 12.8. The summed E-state index contributed by atoms with van der Waals surface area (Å²) in [6.07, 6.45) is 0. The zero-order valence-electron chi connectivity index (χ0n) is 18.6. The molecule has 172 valence electrons. The average Bonchev–Trinajstić information content (AvgIpc) is 2.89. The van der Waals surface area contributed by atoms with Crippen LogP contribution in [0.1, 0.15) is 15.9 Å². The highest BCUT2D eigenvalue weighted by Crippen LogP contribution is 2.24. The Labute approximate surface area is 204 Å². The first-order valence-corrected chi connectivity index (χ1v) is 13.1. The van der Waals surface area contributed by atoms with Crippen molar-refractivity contribution in [3.8, 4) is 0 Å². The Morgan fingerprint density at radius 2 is 1.38 bits per heavy atom. The van der Waals surface area contributed by atoms with Gasteiger partial charge in [-0.2, -0.15) is 0 Å². The topological polar surface area (TPSA) is 66.5 Å². The third-order valence-corrected chi connectivity index (χ3v) is 8.14. The van der Waals surface area contributed by atoms with E-state index in [-0.39, 0.29) is 10.8 Å². The highest BCUT2D eigenvalue weighted by Gasteiger charge is 2.21. The van der Waals surface area contributed by atoms with Gasteiger partial charge in [0.25, 0.3) is 15.9 Å². The van der Waals surface area contributed by atoms with E-state index in [0.717, 1.165) is 5.75 Å². The molecule has 0 heterocycles. The summed E-state index contributed by atoms with van der Waals surface area (Å²) in [5.41, 5.74) is 2.78. The molecule has 1 amide bonds. The Hall–Kier alpha value is -3.55. The molecule has 4 aromatic rings. The number of carbonyl (C=O) groups excluding carboxylic acids is 1. The molecule has 0 bridgehead atoms. The Morgan fingerprint density at radius 1 is 0.794 bits per heavy atom. The van der Waals surface area contributed by atoms with Crippen LogP contribution in [-0.4, -0.2) is 21.4 Å². The molecule has 0 radical (unpaired) electrons. The smallest absolute Gasteiger partial charge is 0.264 e. The van der Waals surface area contributed by atoms with E-state index < -0.39 is 10.0 Å². The first kappa shape index (κ1) is 23.6. The SMILES string of the molecule is CN(c1ccc(C(=O)Nc2ccc(CSc3ccccc3)cc2)cc1)S(=O)(=O)c1ccccc1. The van der Waals surface area contributed by atoms with Crippen molar-refractivity contribution in [1.29, 1.82) is 0 Å². The first-order valence-electron chi connectivity index (χ1n) is 10.7. The van der Waals surface area contributed by atoms with Crippen LogP contribution >= 0.6 is 11.8 Å². The zero-order valence-corrected chi connectivity index (χ0v) is 20.2. The zero-order chi connectivity index (χ0) is 24.0. The lowest BCUT2D eigenvalue weighted by Gasteiger charge is -2.19. The maximum Gasteiger partial charge on any atom is 0.264 e. The van der Waals surface area contributed by atoms with Crippen LogP contribution < -0.4 is 9.62 Å². The number of anilines is 2. The highest BCUT2D eigenvalue weighted by atomic mass is 32.2. The Bertz CT molecular complexity index is 1340. The third kappa shape index (κ3) is 5.68. The number of carbonyl (C=O) groups is 1. The quantitative estimate of drug-likeness (QED) is 0.306. The van der Waals surface area contributed by atoms with Gasteiger partial charge in [0.05, 0.1) is 10.6 Å². The summed E-state index contributed by atoms with van der Waals surface area (Å²) in [6, 6.07) is 32.7. The van der Waals surface area contributed by atoms with Gasteiger partial charge in [-0.3, -0.25) is 9.10 Å². The fourth-order valence-electron chi connectivity index (χ4n) is 3.28. The normalized spacial score (nSPS) is 11.1. The van der Waals surface area contributed by atoms with Gasteiger partial charge in [-0.25, -0.2) is 8.42 Å².